The van der Waals surface area contributed by atoms with E-state index in [0.29, 0.717) is 4.90 Å². The number of rotatable bonds is 4. The number of thiazole rings is 1. The van der Waals surface area contributed by atoms with E-state index in [4.69, 9.17) is 0 Å². The molecule has 3 rings (SSSR count). The molecule has 0 radical (unpaired) electrons. The maximum absolute atomic E-state index is 12.8. The topological polar surface area (TPSA) is 50.3 Å². The molecule has 0 unspecified atom stereocenters. The van der Waals surface area contributed by atoms with E-state index in [1.54, 1.807) is 19.2 Å². The number of aromatic nitrogens is 1. The van der Waals surface area contributed by atoms with Crippen LogP contribution in [0.15, 0.2) is 53.4 Å². The van der Waals surface area contributed by atoms with Gasteiger partial charge in [0.15, 0.2) is 0 Å². The van der Waals surface area contributed by atoms with Gasteiger partial charge in [-0.15, -0.1) is 11.3 Å². The van der Waals surface area contributed by atoms with Crippen molar-refractivity contribution >= 4 is 31.6 Å². The van der Waals surface area contributed by atoms with E-state index >= 15 is 0 Å². The Bertz CT molecular complexity index is 898. The average molecular weight is 346 g/mol. The zero-order chi connectivity index (χ0) is 16.6. The summed E-state index contributed by atoms with van der Waals surface area (Å²) in [5.74, 6) is 0. The zero-order valence-corrected chi connectivity index (χ0v) is 14.9. The van der Waals surface area contributed by atoms with Gasteiger partial charge in [-0.2, -0.15) is 4.31 Å². The molecule has 1 heterocycles. The quantitative estimate of drug-likeness (QED) is 0.718. The molecule has 6 heteroatoms. The van der Waals surface area contributed by atoms with Crippen LogP contribution in [-0.2, 0) is 10.0 Å². The standard InChI is InChI=1S/C17H18N2O2S2/c1-12-8-10-14(11-9-12)23(20,21)19(3)13(2)17-18-15-6-4-5-7-16(15)22-17/h4-11,13H,1-3H3/t13-/m0/s1. The lowest BCUT2D eigenvalue weighted by atomic mass is 10.2. The van der Waals surface area contributed by atoms with Gasteiger partial charge in [-0.25, -0.2) is 13.4 Å². The highest BCUT2D eigenvalue weighted by molar-refractivity contribution is 7.89. The van der Waals surface area contributed by atoms with Crippen molar-refractivity contribution in [2.75, 3.05) is 7.05 Å². The molecule has 120 valence electrons. The summed E-state index contributed by atoms with van der Waals surface area (Å²) < 4.78 is 28.0. The maximum atomic E-state index is 12.8. The number of aryl methyl sites for hydroxylation is 1. The van der Waals surface area contributed by atoms with Crippen LogP contribution in [0.4, 0.5) is 0 Å². The minimum Gasteiger partial charge on any atom is -0.239 e. The van der Waals surface area contributed by atoms with Gasteiger partial charge in [0, 0.05) is 7.05 Å². The first-order valence-electron chi connectivity index (χ1n) is 7.30. The van der Waals surface area contributed by atoms with Crippen LogP contribution in [0.2, 0.25) is 0 Å². The Morgan fingerprint density at radius 3 is 2.39 bits per heavy atom. The van der Waals surface area contributed by atoms with Crippen LogP contribution in [0.3, 0.4) is 0 Å². The fourth-order valence-electron chi connectivity index (χ4n) is 2.31. The van der Waals surface area contributed by atoms with E-state index in [-0.39, 0.29) is 6.04 Å². The molecular weight excluding hydrogens is 328 g/mol. The van der Waals surface area contributed by atoms with Gasteiger partial charge < -0.3 is 0 Å². The summed E-state index contributed by atoms with van der Waals surface area (Å²) in [5.41, 5.74) is 1.94. The summed E-state index contributed by atoms with van der Waals surface area (Å²) in [7, 11) is -1.94. The van der Waals surface area contributed by atoms with E-state index < -0.39 is 10.0 Å². The Labute approximate surface area is 140 Å². The summed E-state index contributed by atoms with van der Waals surface area (Å²) >= 11 is 1.53. The fraction of sp³-hybridized carbons (Fsp3) is 0.235. The number of hydrogen-bond donors (Lipinski definition) is 0. The second-order valence-corrected chi connectivity index (χ2v) is 8.59. The molecule has 23 heavy (non-hydrogen) atoms. The molecule has 0 spiro atoms. The smallest absolute Gasteiger partial charge is 0.239 e. The summed E-state index contributed by atoms with van der Waals surface area (Å²) in [6.45, 7) is 3.80. The van der Waals surface area contributed by atoms with E-state index in [0.717, 1.165) is 20.8 Å². The van der Waals surface area contributed by atoms with Gasteiger partial charge in [0.1, 0.15) is 5.01 Å². The van der Waals surface area contributed by atoms with Crippen molar-refractivity contribution in [3.63, 3.8) is 0 Å². The average Bonchev–Trinajstić information content (AvgIpc) is 2.98. The van der Waals surface area contributed by atoms with Crippen molar-refractivity contribution in [2.45, 2.75) is 24.8 Å². The lowest BCUT2D eigenvalue weighted by Crippen LogP contribution is -2.29. The van der Waals surface area contributed by atoms with Gasteiger partial charge in [-0.05, 0) is 38.1 Å². The molecule has 4 nitrogen and oxygen atoms in total. The van der Waals surface area contributed by atoms with Crippen LogP contribution in [0.1, 0.15) is 23.5 Å². The second-order valence-electron chi connectivity index (χ2n) is 5.53. The van der Waals surface area contributed by atoms with Crippen molar-refractivity contribution in [2.24, 2.45) is 0 Å². The number of benzene rings is 2. The largest absolute Gasteiger partial charge is 0.243 e. The zero-order valence-electron chi connectivity index (χ0n) is 13.2. The van der Waals surface area contributed by atoms with Gasteiger partial charge in [0.05, 0.1) is 21.2 Å². The summed E-state index contributed by atoms with van der Waals surface area (Å²) in [5, 5.41) is 0.796. The van der Waals surface area contributed by atoms with Crippen molar-refractivity contribution in [1.82, 2.24) is 9.29 Å². The van der Waals surface area contributed by atoms with Crippen LogP contribution in [0, 0.1) is 6.92 Å². The number of fused-ring (bicyclic) bond motifs is 1. The summed E-state index contributed by atoms with van der Waals surface area (Å²) in [4.78, 5) is 4.87. The van der Waals surface area contributed by atoms with Crippen molar-refractivity contribution in [3.8, 4) is 0 Å². The fourth-order valence-corrected chi connectivity index (χ4v) is 4.77. The minimum atomic E-state index is -3.54. The van der Waals surface area contributed by atoms with Crippen molar-refractivity contribution in [1.29, 1.82) is 0 Å². The number of para-hydroxylation sites is 1. The highest BCUT2D eigenvalue weighted by Crippen LogP contribution is 2.31. The Hall–Kier alpha value is -1.76. The van der Waals surface area contributed by atoms with E-state index in [1.807, 2.05) is 50.2 Å². The molecule has 1 atom stereocenters. The van der Waals surface area contributed by atoms with E-state index in [1.165, 1.54) is 15.6 Å². The molecule has 0 amide bonds. The van der Waals surface area contributed by atoms with Crippen LogP contribution >= 0.6 is 11.3 Å². The van der Waals surface area contributed by atoms with Gasteiger partial charge in [-0.3, -0.25) is 0 Å². The van der Waals surface area contributed by atoms with Crippen molar-refractivity contribution < 1.29 is 8.42 Å². The molecule has 0 aliphatic carbocycles. The first-order chi connectivity index (χ1) is 10.9. The predicted octanol–water partition coefficient (Wildman–Crippen LogP) is 3.99. The predicted molar refractivity (Wildman–Crippen MR) is 94.2 cm³/mol. The molecule has 0 aliphatic rings. The Morgan fingerprint density at radius 2 is 1.74 bits per heavy atom. The van der Waals surface area contributed by atoms with Gasteiger partial charge in [0.2, 0.25) is 10.0 Å². The first-order valence-corrected chi connectivity index (χ1v) is 9.55. The molecule has 0 saturated carbocycles. The van der Waals surface area contributed by atoms with Crippen LogP contribution in [0.25, 0.3) is 10.2 Å². The summed E-state index contributed by atoms with van der Waals surface area (Å²) in [6, 6.07) is 14.4. The molecule has 2 aromatic carbocycles. The van der Waals surface area contributed by atoms with Crippen LogP contribution in [0.5, 0.6) is 0 Å². The van der Waals surface area contributed by atoms with E-state index in [9.17, 15) is 8.42 Å². The summed E-state index contributed by atoms with van der Waals surface area (Å²) in [6.07, 6.45) is 0. The van der Waals surface area contributed by atoms with E-state index in [2.05, 4.69) is 4.98 Å². The number of nitrogens with zero attached hydrogens (tertiary/aromatic N) is 2. The second kappa shape index (κ2) is 6.03. The third kappa shape index (κ3) is 3.02. The van der Waals surface area contributed by atoms with Gasteiger partial charge >= 0.3 is 0 Å². The highest BCUT2D eigenvalue weighted by atomic mass is 32.2. The minimum absolute atomic E-state index is 0.304. The molecule has 0 bridgehead atoms. The Morgan fingerprint density at radius 1 is 1.09 bits per heavy atom. The molecular formula is C17H18N2O2S2. The third-order valence-electron chi connectivity index (χ3n) is 3.91. The lowest BCUT2D eigenvalue weighted by Gasteiger charge is -2.22. The number of sulfonamides is 1. The third-order valence-corrected chi connectivity index (χ3v) is 7.06. The van der Waals surface area contributed by atoms with Crippen molar-refractivity contribution in [3.05, 3.63) is 59.1 Å². The SMILES string of the molecule is Cc1ccc(S(=O)(=O)N(C)[C@@H](C)c2nc3ccccc3s2)cc1. The Kier molecular flexibility index (Phi) is 4.23. The molecule has 0 saturated heterocycles. The number of hydrogen-bond acceptors (Lipinski definition) is 4. The first kappa shape index (κ1) is 16.1. The molecule has 0 aliphatic heterocycles. The monoisotopic (exact) mass is 346 g/mol. The van der Waals surface area contributed by atoms with Gasteiger partial charge in [-0.1, -0.05) is 29.8 Å². The molecule has 1 aromatic heterocycles. The normalized spacial score (nSPS) is 13.6. The lowest BCUT2D eigenvalue weighted by molar-refractivity contribution is 0.398. The van der Waals surface area contributed by atoms with Crippen LogP contribution < -0.4 is 0 Å². The highest BCUT2D eigenvalue weighted by Gasteiger charge is 2.28. The molecule has 0 fully saturated rings. The maximum Gasteiger partial charge on any atom is 0.243 e. The van der Waals surface area contributed by atoms with Gasteiger partial charge in [0.25, 0.3) is 0 Å². The Balaban J connectivity index is 1.94. The van der Waals surface area contributed by atoms with Crippen LogP contribution in [-0.4, -0.2) is 24.8 Å². The molecule has 3 aromatic rings. The molecule has 0 N–H and O–H groups in total.